The van der Waals surface area contributed by atoms with Gasteiger partial charge >= 0.3 is 0 Å². The minimum absolute atomic E-state index is 0.487. The zero-order valence-electron chi connectivity index (χ0n) is 33.2. The van der Waals surface area contributed by atoms with E-state index in [0.717, 1.165) is 72.4 Å². The normalized spacial score (nSPS) is 10.9. The van der Waals surface area contributed by atoms with E-state index in [4.69, 9.17) is 16.5 Å². The SMILES string of the molecule is [C-]#[N+]c1cc(-c2cc(-c3ccc(C#N)cc3)nc(-c3ccc(C#N)cc3)n2)ccc1-c1ccc(-n2c3ccccc3c3cc(N(c4ccccc4)c4ccccc4)ccc32)cc1. The third-order valence-electron chi connectivity index (χ3n) is 11.1. The molecule has 0 unspecified atom stereocenters. The number of hydrogen-bond acceptors (Lipinski definition) is 5. The summed E-state index contributed by atoms with van der Waals surface area (Å²) in [6.45, 7) is 8.25. The zero-order valence-corrected chi connectivity index (χ0v) is 33.2. The number of nitrogens with zero attached hydrogens (tertiary/aromatic N) is 7. The van der Waals surface area contributed by atoms with Crippen molar-refractivity contribution in [3.63, 3.8) is 0 Å². The maximum absolute atomic E-state index is 9.37. The number of aromatic nitrogens is 3. The smallest absolute Gasteiger partial charge is 0.195 e. The van der Waals surface area contributed by atoms with Crippen molar-refractivity contribution in [3.05, 3.63) is 223 Å². The molecule has 0 spiro atoms. The molecule has 0 N–H and O–H groups in total. The number of hydrogen-bond donors (Lipinski definition) is 0. The van der Waals surface area contributed by atoms with Crippen LogP contribution in [0.3, 0.4) is 0 Å². The van der Waals surface area contributed by atoms with Crippen molar-refractivity contribution >= 4 is 44.6 Å². The molecule has 0 aliphatic heterocycles. The van der Waals surface area contributed by atoms with E-state index in [1.165, 1.54) is 0 Å². The predicted octanol–water partition coefficient (Wildman–Crippen LogP) is 14.0. The lowest BCUT2D eigenvalue weighted by Crippen LogP contribution is -2.09. The third kappa shape index (κ3) is 6.87. The van der Waals surface area contributed by atoms with E-state index in [1.807, 2.05) is 60.7 Å². The van der Waals surface area contributed by atoms with E-state index in [2.05, 4.69) is 142 Å². The average molecular weight is 792 g/mol. The number of benzene rings is 8. The number of rotatable bonds is 8. The second kappa shape index (κ2) is 15.9. The molecule has 7 heteroatoms. The molecule has 10 aromatic rings. The van der Waals surface area contributed by atoms with Crippen LogP contribution in [-0.2, 0) is 0 Å². The van der Waals surface area contributed by atoms with Crippen LogP contribution in [-0.4, -0.2) is 14.5 Å². The maximum Gasteiger partial charge on any atom is 0.195 e. The van der Waals surface area contributed by atoms with Gasteiger partial charge in [-0.25, -0.2) is 14.8 Å². The summed E-state index contributed by atoms with van der Waals surface area (Å²) < 4.78 is 2.30. The molecule has 0 saturated heterocycles. The van der Waals surface area contributed by atoms with Crippen LogP contribution in [0.5, 0.6) is 0 Å². The monoisotopic (exact) mass is 791 g/mol. The summed E-state index contributed by atoms with van der Waals surface area (Å²) in [6, 6.07) is 71.0. The third-order valence-corrected chi connectivity index (χ3v) is 11.1. The van der Waals surface area contributed by atoms with Gasteiger partial charge in [-0.05, 0) is 126 Å². The summed E-state index contributed by atoms with van der Waals surface area (Å²) in [7, 11) is 0. The van der Waals surface area contributed by atoms with Crippen LogP contribution < -0.4 is 4.90 Å². The number of fused-ring (bicyclic) bond motifs is 3. The quantitative estimate of drug-likeness (QED) is 0.143. The number of anilines is 3. The Balaban J connectivity index is 1.02. The second-order valence-electron chi connectivity index (χ2n) is 14.8. The lowest BCUT2D eigenvalue weighted by Gasteiger charge is -2.25. The van der Waals surface area contributed by atoms with Crippen LogP contribution in [0.15, 0.2) is 200 Å². The van der Waals surface area contributed by atoms with Crippen LogP contribution in [0.2, 0.25) is 0 Å². The van der Waals surface area contributed by atoms with Gasteiger partial charge in [-0.15, -0.1) is 0 Å². The van der Waals surface area contributed by atoms with Crippen molar-refractivity contribution < 1.29 is 0 Å². The number of para-hydroxylation sites is 3. The Kier molecular flexibility index (Phi) is 9.56. The van der Waals surface area contributed by atoms with Crippen LogP contribution in [0.4, 0.5) is 22.7 Å². The molecule has 288 valence electrons. The first-order valence-electron chi connectivity index (χ1n) is 20.0. The number of nitriles is 2. The first-order chi connectivity index (χ1) is 30.6. The molecule has 0 atom stereocenters. The van der Waals surface area contributed by atoms with Gasteiger partial charge in [0.15, 0.2) is 11.5 Å². The molecule has 0 bridgehead atoms. The Morgan fingerprint density at radius 3 is 1.65 bits per heavy atom. The van der Waals surface area contributed by atoms with E-state index < -0.39 is 0 Å². The molecule has 2 aromatic heterocycles. The fourth-order valence-electron chi connectivity index (χ4n) is 8.08. The predicted molar refractivity (Wildman–Crippen MR) is 248 cm³/mol. The highest BCUT2D eigenvalue weighted by molar-refractivity contribution is 6.10. The van der Waals surface area contributed by atoms with Crippen LogP contribution in [0.25, 0.3) is 77.4 Å². The van der Waals surface area contributed by atoms with Crippen molar-refractivity contribution in [2.75, 3.05) is 4.90 Å². The molecule has 0 aliphatic carbocycles. The lowest BCUT2D eigenvalue weighted by atomic mass is 9.99. The average Bonchev–Trinajstić information content (AvgIpc) is 3.68. The molecule has 0 aliphatic rings. The molecule has 7 nitrogen and oxygen atoms in total. The molecule has 0 amide bonds. The second-order valence-corrected chi connectivity index (χ2v) is 14.8. The minimum Gasteiger partial charge on any atom is -0.310 e. The molecule has 10 rings (SSSR count). The highest BCUT2D eigenvalue weighted by Gasteiger charge is 2.18. The summed E-state index contributed by atoms with van der Waals surface area (Å²) in [6.07, 6.45) is 0. The molecule has 0 radical (unpaired) electrons. The summed E-state index contributed by atoms with van der Waals surface area (Å²) in [5.41, 5.74) is 13.5. The molecular formula is C55H33N7. The highest BCUT2D eigenvalue weighted by atomic mass is 15.1. The Bertz CT molecular complexity index is 3290. The standard InChI is InChI=1S/C55H33N7/c1-58-52-32-42(51-34-50(40-20-16-37(35-56)17-21-40)59-55(60-51)41-22-18-38(36-57)19-23-41)26-30-47(52)39-24-27-45(28-25-39)62-53-15-9-8-14-48(53)49-33-46(29-31-54(49)62)61(43-10-4-2-5-11-43)44-12-6-3-7-13-44/h2-34H. The van der Waals surface area contributed by atoms with Gasteiger partial charge < -0.3 is 9.47 Å². The largest absolute Gasteiger partial charge is 0.310 e. The van der Waals surface area contributed by atoms with E-state index in [0.29, 0.717) is 34.0 Å². The molecule has 0 fully saturated rings. The zero-order chi connectivity index (χ0) is 42.0. The van der Waals surface area contributed by atoms with E-state index in [9.17, 15) is 10.5 Å². The Morgan fingerprint density at radius 2 is 1.02 bits per heavy atom. The van der Waals surface area contributed by atoms with Gasteiger partial charge in [-0.3, -0.25) is 0 Å². The van der Waals surface area contributed by atoms with E-state index >= 15 is 0 Å². The fraction of sp³-hybridized carbons (Fsp3) is 0. The summed E-state index contributed by atoms with van der Waals surface area (Å²) in [5, 5.41) is 21.1. The van der Waals surface area contributed by atoms with Crippen molar-refractivity contribution in [3.8, 4) is 62.9 Å². The topological polar surface area (TPSA) is 85.9 Å². The van der Waals surface area contributed by atoms with Crippen LogP contribution in [0.1, 0.15) is 11.1 Å². The van der Waals surface area contributed by atoms with Gasteiger partial charge in [-0.1, -0.05) is 91.0 Å². The Morgan fingerprint density at radius 1 is 0.468 bits per heavy atom. The van der Waals surface area contributed by atoms with Gasteiger partial charge in [0.2, 0.25) is 0 Å². The molecule has 62 heavy (non-hydrogen) atoms. The van der Waals surface area contributed by atoms with Crippen molar-refractivity contribution in [1.82, 2.24) is 14.5 Å². The Hall–Kier alpha value is -9.09. The van der Waals surface area contributed by atoms with E-state index in [-0.39, 0.29) is 0 Å². The van der Waals surface area contributed by atoms with Crippen molar-refractivity contribution in [2.45, 2.75) is 0 Å². The van der Waals surface area contributed by atoms with E-state index in [1.54, 1.807) is 24.3 Å². The lowest BCUT2D eigenvalue weighted by molar-refractivity contribution is 1.18. The van der Waals surface area contributed by atoms with Gasteiger partial charge in [-0.2, -0.15) is 10.5 Å². The van der Waals surface area contributed by atoms with Gasteiger partial charge in [0.05, 0.1) is 52.3 Å². The first-order valence-corrected chi connectivity index (χ1v) is 20.0. The maximum atomic E-state index is 9.37. The van der Waals surface area contributed by atoms with Crippen LogP contribution >= 0.6 is 0 Å². The highest BCUT2D eigenvalue weighted by Crippen LogP contribution is 2.41. The van der Waals surface area contributed by atoms with Crippen molar-refractivity contribution in [2.24, 2.45) is 0 Å². The summed E-state index contributed by atoms with van der Waals surface area (Å²) in [4.78, 5) is 16.1. The van der Waals surface area contributed by atoms with Gasteiger partial charge in [0.1, 0.15) is 0 Å². The molecule has 2 heterocycles. The Labute approximate surface area is 358 Å². The summed E-state index contributed by atoms with van der Waals surface area (Å²) in [5.74, 6) is 0.487. The molecule has 8 aromatic carbocycles. The van der Waals surface area contributed by atoms with Gasteiger partial charge in [0, 0.05) is 44.6 Å². The fourth-order valence-corrected chi connectivity index (χ4v) is 8.08. The van der Waals surface area contributed by atoms with Crippen LogP contribution in [0, 0.1) is 29.2 Å². The summed E-state index contributed by atoms with van der Waals surface area (Å²) >= 11 is 0. The van der Waals surface area contributed by atoms with Crippen molar-refractivity contribution in [1.29, 1.82) is 10.5 Å². The minimum atomic E-state index is 0.487. The first kappa shape index (κ1) is 37.2. The van der Waals surface area contributed by atoms with Gasteiger partial charge in [0.25, 0.3) is 0 Å². The molecule has 0 saturated carbocycles. The molecular weight excluding hydrogens is 759 g/mol.